The van der Waals surface area contributed by atoms with Crippen LogP contribution in [0.2, 0.25) is 0 Å². The van der Waals surface area contributed by atoms with Gasteiger partial charge in [0.05, 0.1) is 17.4 Å². The maximum atomic E-state index is 11.7. The van der Waals surface area contributed by atoms with Gasteiger partial charge in [-0.25, -0.2) is 8.42 Å². The molecule has 120 valence electrons. The molecule has 1 aliphatic rings. The molecule has 0 bridgehead atoms. The number of anilines is 1. The second-order valence-corrected chi connectivity index (χ2v) is 7.78. The number of esters is 1. The number of carbonyl (C=O) groups is 2. The van der Waals surface area contributed by atoms with E-state index < -0.39 is 34.2 Å². The third-order valence-electron chi connectivity index (χ3n) is 3.70. The predicted molar refractivity (Wildman–Crippen MR) is 82.3 cm³/mol. The number of benzene rings is 1. The second kappa shape index (κ2) is 6.48. The first-order chi connectivity index (χ1) is 10.3. The molecule has 0 radical (unpaired) electrons. The van der Waals surface area contributed by atoms with Gasteiger partial charge in [-0.2, -0.15) is 0 Å². The summed E-state index contributed by atoms with van der Waals surface area (Å²) in [6.45, 7) is 3.49. The number of hydrogen-bond donors (Lipinski definition) is 1. The van der Waals surface area contributed by atoms with E-state index in [9.17, 15) is 18.0 Å². The maximum Gasteiger partial charge on any atom is 0.310 e. The molecule has 7 heteroatoms. The molecule has 22 heavy (non-hydrogen) atoms. The minimum atomic E-state index is -3.14. The molecule has 1 unspecified atom stereocenters. The van der Waals surface area contributed by atoms with Crippen LogP contribution in [0.25, 0.3) is 0 Å². The summed E-state index contributed by atoms with van der Waals surface area (Å²) in [5, 5.41) is 2.64. The van der Waals surface area contributed by atoms with Crippen LogP contribution in [0.15, 0.2) is 18.2 Å². The van der Waals surface area contributed by atoms with E-state index in [0.717, 1.165) is 11.1 Å². The van der Waals surface area contributed by atoms with E-state index in [-0.39, 0.29) is 17.9 Å². The summed E-state index contributed by atoms with van der Waals surface area (Å²) >= 11 is 0. The van der Waals surface area contributed by atoms with Crippen LogP contribution in [-0.4, -0.2) is 38.4 Å². The van der Waals surface area contributed by atoms with Crippen molar-refractivity contribution < 1.29 is 22.7 Å². The zero-order chi connectivity index (χ0) is 16.3. The highest BCUT2D eigenvalue weighted by molar-refractivity contribution is 7.91. The smallest absolute Gasteiger partial charge is 0.310 e. The number of nitrogens with one attached hydrogen (secondary N) is 1. The van der Waals surface area contributed by atoms with Gasteiger partial charge in [-0.1, -0.05) is 6.07 Å². The van der Waals surface area contributed by atoms with Crippen molar-refractivity contribution in [2.24, 2.45) is 5.92 Å². The molecule has 1 saturated heterocycles. The van der Waals surface area contributed by atoms with E-state index in [0.29, 0.717) is 5.69 Å². The third kappa shape index (κ3) is 4.30. The van der Waals surface area contributed by atoms with Gasteiger partial charge < -0.3 is 10.1 Å². The number of amides is 1. The molecule has 1 fully saturated rings. The molecule has 1 N–H and O–H groups in total. The van der Waals surface area contributed by atoms with E-state index in [1.54, 1.807) is 6.07 Å². The Morgan fingerprint density at radius 1 is 1.27 bits per heavy atom. The van der Waals surface area contributed by atoms with Crippen molar-refractivity contribution >= 4 is 27.4 Å². The van der Waals surface area contributed by atoms with Crippen molar-refractivity contribution in [2.45, 2.75) is 20.3 Å². The largest absolute Gasteiger partial charge is 0.455 e. The number of aryl methyl sites for hydroxylation is 2. The van der Waals surface area contributed by atoms with Gasteiger partial charge in [-0.15, -0.1) is 0 Å². The second-order valence-electron chi connectivity index (χ2n) is 5.55. The summed E-state index contributed by atoms with van der Waals surface area (Å²) in [7, 11) is -3.14. The lowest BCUT2D eigenvalue weighted by Gasteiger charge is -2.10. The Morgan fingerprint density at radius 2 is 2.00 bits per heavy atom. The minimum absolute atomic E-state index is 0.00159. The SMILES string of the molecule is Cc1ccc(NC(=O)COC(=O)C2CCS(=O)(=O)C2)cc1C. The molecule has 6 nitrogen and oxygen atoms in total. The molecule has 2 rings (SSSR count). The highest BCUT2D eigenvalue weighted by Gasteiger charge is 2.34. The summed E-state index contributed by atoms with van der Waals surface area (Å²) in [5.74, 6) is -1.92. The van der Waals surface area contributed by atoms with Gasteiger partial charge in [0.15, 0.2) is 16.4 Å². The quantitative estimate of drug-likeness (QED) is 0.841. The molecule has 0 aliphatic carbocycles. The van der Waals surface area contributed by atoms with Crippen LogP contribution in [0.1, 0.15) is 17.5 Å². The van der Waals surface area contributed by atoms with Gasteiger partial charge >= 0.3 is 5.97 Å². The van der Waals surface area contributed by atoms with Crippen LogP contribution in [0.5, 0.6) is 0 Å². The fourth-order valence-corrected chi connectivity index (χ4v) is 3.98. The zero-order valence-corrected chi connectivity index (χ0v) is 13.4. The van der Waals surface area contributed by atoms with Gasteiger partial charge in [0.1, 0.15) is 0 Å². The van der Waals surface area contributed by atoms with Crippen LogP contribution in [0.3, 0.4) is 0 Å². The average molecular weight is 325 g/mol. The standard InChI is InChI=1S/C15H19NO5S/c1-10-3-4-13(7-11(10)2)16-14(17)8-21-15(18)12-5-6-22(19,20)9-12/h3-4,7,12H,5-6,8-9H2,1-2H3,(H,16,17). The van der Waals surface area contributed by atoms with Crippen LogP contribution in [-0.2, 0) is 24.2 Å². The van der Waals surface area contributed by atoms with E-state index in [2.05, 4.69) is 5.32 Å². The zero-order valence-electron chi connectivity index (χ0n) is 12.6. The number of hydrogen-bond acceptors (Lipinski definition) is 5. The number of ether oxygens (including phenoxy) is 1. The Kier molecular flexibility index (Phi) is 4.85. The van der Waals surface area contributed by atoms with Crippen LogP contribution < -0.4 is 5.32 Å². The molecule has 1 amide bonds. The fourth-order valence-electron chi connectivity index (χ4n) is 2.25. The Morgan fingerprint density at radius 3 is 2.59 bits per heavy atom. The summed E-state index contributed by atoms with van der Waals surface area (Å²) in [4.78, 5) is 23.5. The summed E-state index contributed by atoms with van der Waals surface area (Å²) in [6, 6.07) is 5.49. The molecule has 1 aromatic carbocycles. The molecule has 0 aromatic heterocycles. The van der Waals surface area contributed by atoms with E-state index in [4.69, 9.17) is 4.74 Å². The summed E-state index contributed by atoms with van der Waals surface area (Å²) in [5.41, 5.74) is 2.80. The topological polar surface area (TPSA) is 89.5 Å². The third-order valence-corrected chi connectivity index (χ3v) is 5.47. The molecule has 0 saturated carbocycles. The lowest BCUT2D eigenvalue weighted by Crippen LogP contribution is -2.25. The maximum absolute atomic E-state index is 11.7. The van der Waals surface area contributed by atoms with Crippen LogP contribution >= 0.6 is 0 Å². The highest BCUT2D eigenvalue weighted by Crippen LogP contribution is 2.19. The Bertz CT molecular complexity index is 696. The first-order valence-electron chi connectivity index (χ1n) is 7.01. The van der Waals surface area contributed by atoms with Gasteiger partial charge in [-0.05, 0) is 43.5 Å². The first-order valence-corrected chi connectivity index (χ1v) is 8.83. The summed E-state index contributed by atoms with van der Waals surface area (Å²) < 4.78 is 27.5. The number of rotatable bonds is 4. The molecule has 1 aliphatic heterocycles. The highest BCUT2D eigenvalue weighted by atomic mass is 32.2. The van der Waals surface area contributed by atoms with Crippen molar-refractivity contribution in [1.29, 1.82) is 0 Å². The Hall–Kier alpha value is -1.89. The van der Waals surface area contributed by atoms with Crippen molar-refractivity contribution in [3.8, 4) is 0 Å². The monoisotopic (exact) mass is 325 g/mol. The molecular weight excluding hydrogens is 306 g/mol. The van der Waals surface area contributed by atoms with Crippen molar-refractivity contribution in [3.63, 3.8) is 0 Å². The van der Waals surface area contributed by atoms with E-state index >= 15 is 0 Å². The summed E-state index contributed by atoms with van der Waals surface area (Å²) in [6.07, 6.45) is 0.264. The van der Waals surface area contributed by atoms with Crippen LogP contribution in [0, 0.1) is 19.8 Å². The Labute approximate surface area is 129 Å². The predicted octanol–water partition coefficient (Wildman–Crippen LogP) is 1.22. The molecular formula is C15H19NO5S. The lowest BCUT2D eigenvalue weighted by atomic mass is 10.1. The molecule has 1 aromatic rings. The van der Waals surface area contributed by atoms with E-state index in [1.807, 2.05) is 26.0 Å². The average Bonchev–Trinajstić information content (AvgIpc) is 2.81. The number of carbonyl (C=O) groups excluding carboxylic acids is 2. The van der Waals surface area contributed by atoms with Gasteiger partial charge in [-0.3, -0.25) is 9.59 Å². The minimum Gasteiger partial charge on any atom is -0.455 e. The first kappa shape index (κ1) is 16.5. The molecule has 0 spiro atoms. The normalized spacial score (nSPS) is 19.6. The molecule has 1 atom stereocenters. The fraction of sp³-hybridized carbons (Fsp3) is 0.467. The van der Waals surface area contributed by atoms with Gasteiger partial charge in [0, 0.05) is 5.69 Å². The van der Waals surface area contributed by atoms with Crippen LogP contribution in [0.4, 0.5) is 5.69 Å². The van der Waals surface area contributed by atoms with Crippen molar-refractivity contribution in [1.82, 2.24) is 0 Å². The lowest BCUT2D eigenvalue weighted by molar-refractivity contribution is -0.150. The van der Waals surface area contributed by atoms with Crippen molar-refractivity contribution in [2.75, 3.05) is 23.4 Å². The van der Waals surface area contributed by atoms with Gasteiger partial charge in [0.2, 0.25) is 0 Å². The van der Waals surface area contributed by atoms with Crippen molar-refractivity contribution in [3.05, 3.63) is 29.3 Å². The molecule has 1 heterocycles. The number of sulfone groups is 1. The van der Waals surface area contributed by atoms with E-state index in [1.165, 1.54) is 0 Å². The Balaban J connectivity index is 1.82. The van der Waals surface area contributed by atoms with Gasteiger partial charge in [0.25, 0.3) is 5.91 Å².